The Hall–Kier alpha value is -2.62. The molecule has 2 N–H and O–H groups in total. The van der Waals surface area contributed by atoms with Crippen LogP contribution in [0.2, 0.25) is 0 Å². The number of para-hydroxylation sites is 1. The number of nitrogens with zero attached hydrogens (tertiary/aromatic N) is 3. The topological polar surface area (TPSA) is 56.7 Å². The molecule has 88 valence electrons. The van der Waals surface area contributed by atoms with Crippen LogP contribution < -0.4 is 5.73 Å². The minimum Gasteiger partial charge on any atom is -0.397 e. The molecule has 0 radical (unpaired) electrons. The molecule has 2 aromatic heterocycles. The van der Waals surface area contributed by atoms with Crippen molar-refractivity contribution in [2.45, 2.75) is 0 Å². The summed E-state index contributed by atoms with van der Waals surface area (Å²) in [5.74, 6) is 0. The number of hydrogen-bond donors (Lipinski definition) is 1. The smallest absolute Gasteiger partial charge is 0.0645 e. The minimum atomic E-state index is 0.653. The summed E-state index contributed by atoms with van der Waals surface area (Å²) in [5, 5.41) is 4.34. The van der Waals surface area contributed by atoms with Crippen LogP contribution in [0.5, 0.6) is 0 Å². The van der Waals surface area contributed by atoms with Gasteiger partial charge in [0.2, 0.25) is 0 Å². The van der Waals surface area contributed by atoms with Crippen molar-refractivity contribution in [3.05, 3.63) is 61.2 Å². The van der Waals surface area contributed by atoms with Gasteiger partial charge in [0.15, 0.2) is 0 Å². The summed E-state index contributed by atoms with van der Waals surface area (Å²) in [6.07, 6.45) is 7.18. The van der Waals surface area contributed by atoms with Gasteiger partial charge >= 0.3 is 0 Å². The van der Waals surface area contributed by atoms with Crippen LogP contribution >= 0.6 is 0 Å². The maximum atomic E-state index is 5.72. The van der Waals surface area contributed by atoms with Crippen molar-refractivity contribution in [3.63, 3.8) is 0 Å². The highest BCUT2D eigenvalue weighted by molar-refractivity contribution is 5.64. The van der Waals surface area contributed by atoms with E-state index in [2.05, 4.69) is 10.1 Å². The fourth-order valence-electron chi connectivity index (χ4n) is 1.81. The molecule has 2 heterocycles. The monoisotopic (exact) mass is 236 g/mol. The number of nitrogen functional groups attached to an aromatic ring is 1. The predicted molar refractivity (Wildman–Crippen MR) is 71.2 cm³/mol. The van der Waals surface area contributed by atoms with Crippen molar-refractivity contribution in [2.75, 3.05) is 5.73 Å². The summed E-state index contributed by atoms with van der Waals surface area (Å²) >= 11 is 0. The lowest BCUT2D eigenvalue weighted by molar-refractivity contribution is 0.881. The Morgan fingerprint density at radius 3 is 2.56 bits per heavy atom. The first kappa shape index (κ1) is 10.5. The first-order chi connectivity index (χ1) is 8.83. The van der Waals surface area contributed by atoms with E-state index in [4.69, 9.17) is 5.73 Å². The van der Waals surface area contributed by atoms with E-state index in [1.807, 2.05) is 53.5 Å². The predicted octanol–water partition coefficient (Wildman–Crippen LogP) is 2.52. The summed E-state index contributed by atoms with van der Waals surface area (Å²) in [6, 6.07) is 11.9. The summed E-state index contributed by atoms with van der Waals surface area (Å²) in [7, 11) is 0. The third kappa shape index (κ3) is 1.96. The molecule has 0 aliphatic carbocycles. The summed E-state index contributed by atoms with van der Waals surface area (Å²) < 4.78 is 1.83. The van der Waals surface area contributed by atoms with Gasteiger partial charge in [0.25, 0.3) is 0 Å². The molecular formula is C14H12N4. The van der Waals surface area contributed by atoms with Crippen molar-refractivity contribution in [3.8, 4) is 16.8 Å². The summed E-state index contributed by atoms with van der Waals surface area (Å²) in [5.41, 5.74) is 9.37. The highest BCUT2D eigenvalue weighted by Gasteiger charge is 2.03. The third-order valence-corrected chi connectivity index (χ3v) is 2.70. The molecule has 0 aliphatic rings. The molecule has 4 nitrogen and oxygen atoms in total. The molecule has 3 aromatic rings. The van der Waals surface area contributed by atoms with Gasteiger partial charge in [0.05, 0.1) is 17.6 Å². The largest absolute Gasteiger partial charge is 0.397 e. The normalized spacial score (nSPS) is 10.4. The van der Waals surface area contributed by atoms with E-state index in [0.717, 1.165) is 16.8 Å². The van der Waals surface area contributed by atoms with Gasteiger partial charge in [0, 0.05) is 29.7 Å². The number of anilines is 1. The first-order valence-electron chi connectivity index (χ1n) is 5.64. The van der Waals surface area contributed by atoms with E-state index in [0.29, 0.717) is 5.69 Å². The van der Waals surface area contributed by atoms with Crippen molar-refractivity contribution in [1.82, 2.24) is 14.8 Å². The first-order valence-corrected chi connectivity index (χ1v) is 5.64. The van der Waals surface area contributed by atoms with Crippen LogP contribution in [-0.2, 0) is 0 Å². The van der Waals surface area contributed by atoms with E-state index < -0.39 is 0 Å². The van der Waals surface area contributed by atoms with Crippen LogP contribution in [-0.4, -0.2) is 14.8 Å². The molecular weight excluding hydrogens is 224 g/mol. The number of pyridine rings is 1. The van der Waals surface area contributed by atoms with Gasteiger partial charge in [-0.1, -0.05) is 18.2 Å². The van der Waals surface area contributed by atoms with Gasteiger partial charge in [0.1, 0.15) is 0 Å². The second-order valence-electron chi connectivity index (χ2n) is 4.02. The lowest BCUT2D eigenvalue weighted by Crippen LogP contribution is -1.92. The van der Waals surface area contributed by atoms with Crippen molar-refractivity contribution in [1.29, 1.82) is 0 Å². The van der Waals surface area contributed by atoms with Crippen molar-refractivity contribution >= 4 is 5.69 Å². The second kappa shape index (κ2) is 4.33. The molecule has 4 heteroatoms. The number of rotatable bonds is 2. The van der Waals surface area contributed by atoms with Gasteiger partial charge in [-0.25, -0.2) is 4.68 Å². The molecule has 1 aromatic carbocycles. The second-order valence-corrected chi connectivity index (χ2v) is 4.02. The van der Waals surface area contributed by atoms with Gasteiger partial charge in [-0.05, 0) is 18.2 Å². The average Bonchev–Trinajstić information content (AvgIpc) is 2.89. The van der Waals surface area contributed by atoms with Crippen molar-refractivity contribution in [2.24, 2.45) is 0 Å². The number of aromatic nitrogens is 3. The van der Waals surface area contributed by atoms with Crippen LogP contribution in [0, 0.1) is 0 Å². The van der Waals surface area contributed by atoms with E-state index in [9.17, 15) is 0 Å². The maximum absolute atomic E-state index is 5.72. The lowest BCUT2D eigenvalue weighted by atomic mass is 10.1. The summed E-state index contributed by atoms with van der Waals surface area (Å²) in [4.78, 5) is 4.08. The fraction of sp³-hybridized carbons (Fsp3) is 0. The highest BCUT2D eigenvalue weighted by Crippen LogP contribution is 2.20. The van der Waals surface area contributed by atoms with E-state index in [1.165, 1.54) is 0 Å². The van der Waals surface area contributed by atoms with E-state index in [1.54, 1.807) is 12.4 Å². The Kier molecular flexibility index (Phi) is 2.53. The number of benzene rings is 1. The third-order valence-electron chi connectivity index (χ3n) is 2.70. The quantitative estimate of drug-likeness (QED) is 0.743. The standard InChI is InChI=1S/C14H12N4/c15-13-6-11(7-16-9-13)12-8-17-18(10-12)14-4-2-1-3-5-14/h1-10H,15H2. The molecule has 3 rings (SSSR count). The Balaban J connectivity index is 2.00. The Morgan fingerprint density at radius 1 is 0.944 bits per heavy atom. The number of hydrogen-bond acceptors (Lipinski definition) is 3. The average molecular weight is 236 g/mol. The van der Waals surface area contributed by atoms with Crippen LogP contribution in [0.3, 0.4) is 0 Å². The van der Waals surface area contributed by atoms with Crippen LogP contribution in [0.15, 0.2) is 61.2 Å². The molecule has 0 amide bonds. The van der Waals surface area contributed by atoms with Crippen LogP contribution in [0.1, 0.15) is 0 Å². The highest BCUT2D eigenvalue weighted by atomic mass is 15.3. The molecule has 0 bridgehead atoms. The van der Waals surface area contributed by atoms with Crippen LogP contribution in [0.25, 0.3) is 16.8 Å². The van der Waals surface area contributed by atoms with E-state index >= 15 is 0 Å². The summed E-state index contributed by atoms with van der Waals surface area (Å²) in [6.45, 7) is 0. The molecule has 0 saturated carbocycles. The molecule has 0 saturated heterocycles. The SMILES string of the molecule is Nc1cncc(-c2cnn(-c3ccccc3)c2)c1. The molecule has 0 aliphatic heterocycles. The van der Waals surface area contributed by atoms with Gasteiger partial charge in [-0.15, -0.1) is 0 Å². The Morgan fingerprint density at radius 2 is 1.78 bits per heavy atom. The molecule has 0 fully saturated rings. The lowest BCUT2D eigenvalue weighted by Gasteiger charge is -2.00. The minimum absolute atomic E-state index is 0.653. The maximum Gasteiger partial charge on any atom is 0.0645 e. The zero-order valence-electron chi connectivity index (χ0n) is 9.69. The van der Waals surface area contributed by atoms with Gasteiger partial charge < -0.3 is 5.73 Å². The van der Waals surface area contributed by atoms with Gasteiger partial charge in [-0.2, -0.15) is 5.10 Å². The zero-order valence-corrected chi connectivity index (χ0v) is 9.69. The molecule has 0 atom stereocenters. The molecule has 18 heavy (non-hydrogen) atoms. The van der Waals surface area contributed by atoms with Gasteiger partial charge in [-0.3, -0.25) is 4.98 Å². The van der Waals surface area contributed by atoms with Crippen LogP contribution in [0.4, 0.5) is 5.69 Å². The Labute approximate surface area is 105 Å². The Bertz CT molecular complexity index is 658. The zero-order chi connectivity index (χ0) is 12.4. The molecule has 0 spiro atoms. The molecule has 0 unspecified atom stereocenters. The number of nitrogens with two attached hydrogens (primary N) is 1. The van der Waals surface area contributed by atoms with E-state index in [-0.39, 0.29) is 0 Å². The van der Waals surface area contributed by atoms with Crippen molar-refractivity contribution < 1.29 is 0 Å². The fourth-order valence-corrected chi connectivity index (χ4v) is 1.81.